The minimum atomic E-state index is -0.726. The molecule has 2 heterocycles. The van der Waals surface area contributed by atoms with Crippen LogP contribution in [0.5, 0.6) is 0 Å². The smallest absolute Gasteiger partial charge is 1.00 e. The minimum absolute atomic E-state index is 0. The molecule has 1 N–H and O–H groups in total. The first kappa shape index (κ1) is 42.7. The molecule has 0 saturated heterocycles. The van der Waals surface area contributed by atoms with Crippen LogP contribution >= 0.6 is 46.4 Å². The molecule has 252 valence electrons. The summed E-state index contributed by atoms with van der Waals surface area (Å²) in [4.78, 5) is 18.4. The van der Waals surface area contributed by atoms with Crippen LogP contribution < -0.4 is 17.0 Å². The van der Waals surface area contributed by atoms with Crippen LogP contribution in [-0.4, -0.2) is 50.5 Å². The number of pyridine rings is 2. The quantitative estimate of drug-likeness (QED) is 0.0644. The van der Waals surface area contributed by atoms with Gasteiger partial charge in [-0.05, 0) is 96.7 Å². The second kappa shape index (κ2) is 20.4. The van der Waals surface area contributed by atoms with Crippen LogP contribution in [0.2, 0.25) is 20.6 Å². The number of benzene rings is 2. The number of carbonyl (C=O) groups excluding carboxylic acids is 1. The number of halogens is 9. The summed E-state index contributed by atoms with van der Waals surface area (Å²) in [5.41, 5.74) is 2.40. The first-order chi connectivity index (χ1) is 22.0. The monoisotopic (exact) mass is 816 g/mol. The minimum Gasteiger partial charge on any atom is -1.00 e. The summed E-state index contributed by atoms with van der Waals surface area (Å²) in [5, 5.41) is 10.6. The number of aromatic nitrogens is 2. The van der Waals surface area contributed by atoms with E-state index in [0.717, 1.165) is 37.3 Å². The van der Waals surface area contributed by atoms with Gasteiger partial charge >= 0.3 is 23.1 Å². The van der Waals surface area contributed by atoms with Crippen molar-refractivity contribution >= 4 is 75.7 Å². The van der Waals surface area contributed by atoms with Gasteiger partial charge < -0.3 is 33.3 Å². The van der Waals surface area contributed by atoms with E-state index < -0.39 is 29.4 Å². The molecule has 48 heavy (non-hydrogen) atoms. The van der Waals surface area contributed by atoms with Gasteiger partial charge in [0.25, 0.3) is 0 Å². The molecule has 4 aromatic rings. The Balaban J connectivity index is 0.000000297. The van der Waals surface area contributed by atoms with E-state index in [1.54, 1.807) is 0 Å². The summed E-state index contributed by atoms with van der Waals surface area (Å²) in [7, 11) is 0. The summed E-state index contributed by atoms with van der Waals surface area (Å²) in [6, 6.07) is 9.55. The van der Waals surface area contributed by atoms with E-state index in [-0.39, 0.29) is 78.2 Å². The van der Waals surface area contributed by atoms with Crippen LogP contribution in [0.3, 0.4) is 0 Å². The predicted molar refractivity (Wildman–Crippen MR) is 180 cm³/mol. The van der Waals surface area contributed by atoms with Gasteiger partial charge in [-0.3, -0.25) is 0 Å². The topological polar surface area (TPSA) is 63.1 Å². The molecule has 0 radical (unpaired) electrons. The molecule has 6 rings (SSSR count). The maximum absolute atomic E-state index is 14.1. The molecule has 1 atom stereocenters. The average Bonchev–Trinajstić information content (AvgIpc) is 3.89. The van der Waals surface area contributed by atoms with Gasteiger partial charge in [-0.2, -0.15) is 0 Å². The number of carbonyl (C=O) groups is 1. The third-order valence-corrected chi connectivity index (χ3v) is 8.20. The molecule has 14 heteroatoms. The first-order valence-electron chi connectivity index (χ1n) is 14.5. The van der Waals surface area contributed by atoms with Crippen molar-refractivity contribution in [1.82, 2.24) is 9.97 Å². The van der Waals surface area contributed by atoms with Crippen molar-refractivity contribution in [2.24, 2.45) is 5.92 Å². The van der Waals surface area contributed by atoms with E-state index in [2.05, 4.69) is 16.4 Å². The maximum Gasteiger partial charge on any atom is 2.00 e. The van der Waals surface area contributed by atoms with Gasteiger partial charge in [0, 0.05) is 29.7 Å². The zero-order chi connectivity index (χ0) is 33.4. The van der Waals surface area contributed by atoms with Crippen molar-refractivity contribution < 1.29 is 44.4 Å². The largest absolute Gasteiger partial charge is 2.00 e. The normalized spacial score (nSPS) is 13.4. The Morgan fingerprint density at radius 3 is 1.58 bits per heavy atom. The summed E-state index contributed by atoms with van der Waals surface area (Å²) in [6.07, 6.45) is 8.90. The molecule has 2 saturated carbocycles. The van der Waals surface area contributed by atoms with E-state index in [1.165, 1.54) is 43.2 Å². The summed E-state index contributed by atoms with van der Waals surface area (Å²) in [6.45, 7) is 0. The summed E-state index contributed by atoms with van der Waals surface area (Å²) < 4.78 is 54.1. The summed E-state index contributed by atoms with van der Waals surface area (Å²) in [5.74, 6) is -2.39. The Morgan fingerprint density at radius 1 is 0.771 bits per heavy atom. The van der Waals surface area contributed by atoms with Gasteiger partial charge in [0.1, 0.15) is 50.2 Å². The van der Waals surface area contributed by atoms with Gasteiger partial charge in [0.2, 0.25) is 0 Å². The average molecular weight is 820 g/mol. The molecule has 1 unspecified atom stereocenters. The van der Waals surface area contributed by atoms with Gasteiger partial charge in [-0.15, -0.1) is 0 Å². The standard InChI is InChI=1S/C17H15Cl2F2NO.C14H9Cl2F2NO.C3H5.BrH.Mg/c18-16-8-13(11-4-3-10(20)7-14(11)21)12(17(19)22-16)5-6-15(23)9-1-2-9;15-13-7-11(9-4-3-8(17)6-12(9)18)10(2-1-5-20)14(16)19-13;1-2-3-1;;/h3-4,7-9,15,23H,1-2,5-6H2;3-7H,1-2H2;1H,2-3H2;1H;/q;;-1;;+2/p-1. The maximum atomic E-state index is 14.1. The van der Waals surface area contributed by atoms with Crippen LogP contribution in [0.1, 0.15) is 49.7 Å². The van der Waals surface area contributed by atoms with E-state index in [0.29, 0.717) is 47.4 Å². The van der Waals surface area contributed by atoms with E-state index >= 15 is 0 Å². The molecule has 4 nitrogen and oxygen atoms in total. The van der Waals surface area contributed by atoms with Crippen LogP contribution in [0.4, 0.5) is 17.6 Å². The van der Waals surface area contributed by atoms with Crippen LogP contribution in [0.15, 0.2) is 48.5 Å². The third kappa shape index (κ3) is 12.7. The second-order valence-electron chi connectivity index (χ2n) is 10.8. The zero-order valence-electron chi connectivity index (χ0n) is 25.4. The van der Waals surface area contributed by atoms with Crippen LogP contribution in [-0.2, 0) is 17.6 Å². The van der Waals surface area contributed by atoms with Gasteiger partial charge in [-0.1, -0.05) is 46.4 Å². The number of hydrogen-bond acceptors (Lipinski definition) is 4. The Kier molecular flexibility index (Phi) is 18.1. The Hall–Kier alpha value is -1.50. The molecule has 2 aromatic heterocycles. The molecule has 2 aliphatic rings. The fraction of sp³-hybridized carbons (Fsp3) is 0.294. The molecule has 0 aliphatic heterocycles. The van der Waals surface area contributed by atoms with E-state index in [1.807, 2.05) is 0 Å². The van der Waals surface area contributed by atoms with E-state index in [4.69, 9.17) is 46.4 Å². The van der Waals surface area contributed by atoms with Gasteiger partial charge in [0.15, 0.2) is 0 Å². The molecule has 0 amide bonds. The van der Waals surface area contributed by atoms with Crippen molar-refractivity contribution in [3.05, 3.63) is 110 Å². The van der Waals surface area contributed by atoms with Crippen molar-refractivity contribution in [2.75, 3.05) is 0 Å². The van der Waals surface area contributed by atoms with Crippen LogP contribution in [0, 0.1) is 35.6 Å². The fourth-order valence-corrected chi connectivity index (χ4v) is 5.65. The molecular formula is C34H29BrCl4F4MgN2O2. The van der Waals surface area contributed by atoms with Gasteiger partial charge in [0.05, 0.1) is 6.10 Å². The Labute approximate surface area is 323 Å². The Bertz CT molecular complexity index is 1700. The molecule has 2 aromatic carbocycles. The molecule has 0 spiro atoms. The number of aldehydes is 1. The molecule has 2 fully saturated rings. The number of hydrogen-bond donors (Lipinski definition) is 1. The van der Waals surface area contributed by atoms with Crippen molar-refractivity contribution in [3.63, 3.8) is 0 Å². The summed E-state index contributed by atoms with van der Waals surface area (Å²) >= 11 is 23.9. The zero-order valence-corrected chi connectivity index (χ0v) is 31.5. The number of aliphatic hydroxyl groups excluding tert-OH is 1. The third-order valence-electron chi connectivity index (χ3n) is 7.18. The second-order valence-corrected chi connectivity index (χ2v) is 12.3. The van der Waals surface area contributed by atoms with E-state index in [9.17, 15) is 27.5 Å². The molecule has 0 bridgehead atoms. The predicted octanol–water partition coefficient (Wildman–Crippen LogP) is 7.11. The number of rotatable bonds is 9. The SMILES string of the molecule is O=CCCc1c(-c2ccc(F)cc2F)cc(Cl)nc1Cl.OC(CCc1c(-c2ccc(F)cc2F)cc(Cl)nc1Cl)C1CC1.[Br-].[CH-]1CC1.[Mg+2]. The van der Waals surface area contributed by atoms with Crippen molar-refractivity contribution in [1.29, 1.82) is 0 Å². The van der Waals surface area contributed by atoms with Crippen molar-refractivity contribution in [3.8, 4) is 22.3 Å². The number of nitrogens with zero attached hydrogens (tertiary/aromatic N) is 2. The number of aliphatic hydroxyl groups is 1. The van der Waals surface area contributed by atoms with Crippen molar-refractivity contribution in [2.45, 2.75) is 57.5 Å². The molecule has 2 aliphatic carbocycles. The van der Waals surface area contributed by atoms with Crippen LogP contribution in [0.25, 0.3) is 22.3 Å². The molecular weight excluding hydrogens is 790 g/mol. The first-order valence-corrected chi connectivity index (χ1v) is 16.0. The van der Waals surface area contributed by atoms with Gasteiger partial charge in [-0.25, -0.2) is 40.4 Å². The Morgan fingerprint density at radius 2 is 1.21 bits per heavy atom. The fourth-order valence-electron chi connectivity index (χ4n) is 4.61.